The Bertz CT molecular complexity index is 910. The molecule has 2 aromatic rings. The summed E-state index contributed by atoms with van der Waals surface area (Å²) >= 11 is 0. The molecule has 0 radical (unpaired) electrons. The van der Waals surface area contributed by atoms with Gasteiger partial charge in [-0.05, 0) is 42.3 Å². The molecule has 0 bridgehead atoms. The van der Waals surface area contributed by atoms with Gasteiger partial charge in [-0.3, -0.25) is 4.79 Å². The fraction of sp³-hybridized carbons (Fsp3) is 0.316. The molecule has 0 aliphatic carbocycles. The van der Waals surface area contributed by atoms with E-state index in [1.165, 1.54) is 33.3 Å². The van der Waals surface area contributed by atoms with Gasteiger partial charge in [-0.1, -0.05) is 19.1 Å². The molecule has 0 saturated carbocycles. The van der Waals surface area contributed by atoms with E-state index in [-0.39, 0.29) is 17.3 Å². The number of methoxy groups -OCH3 is 1. The molecule has 0 unspecified atom stereocenters. The van der Waals surface area contributed by atoms with E-state index in [0.717, 1.165) is 16.3 Å². The lowest BCUT2D eigenvalue weighted by Gasteiger charge is -2.16. The Morgan fingerprint density at radius 3 is 2.52 bits per heavy atom. The maximum absolute atomic E-state index is 12.4. The SMILES string of the molecule is CCc1cccc(OCC(=O)Nc2ccc(OC)c(S(=O)(=O)N(C)C)c2)c1. The normalized spacial score (nSPS) is 11.3. The third-order valence-corrected chi connectivity index (χ3v) is 5.72. The molecule has 0 aromatic heterocycles. The number of rotatable bonds is 8. The zero-order valence-electron chi connectivity index (χ0n) is 15.9. The van der Waals surface area contributed by atoms with Gasteiger partial charge >= 0.3 is 0 Å². The molecule has 27 heavy (non-hydrogen) atoms. The number of amides is 1. The number of nitrogens with one attached hydrogen (secondary N) is 1. The topological polar surface area (TPSA) is 84.9 Å². The van der Waals surface area contributed by atoms with E-state index >= 15 is 0 Å². The molecule has 1 amide bonds. The summed E-state index contributed by atoms with van der Waals surface area (Å²) in [7, 11) is 0.532. The van der Waals surface area contributed by atoms with Crippen LogP contribution in [-0.2, 0) is 21.2 Å². The van der Waals surface area contributed by atoms with Crippen LogP contribution < -0.4 is 14.8 Å². The molecule has 0 atom stereocenters. The average molecular weight is 392 g/mol. The quantitative estimate of drug-likeness (QED) is 0.746. The summed E-state index contributed by atoms with van der Waals surface area (Å²) in [4.78, 5) is 12.1. The number of carbonyl (C=O) groups is 1. The molecule has 0 heterocycles. The van der Waals surface area contributed by atoms with Gasteiger partial charge in [0.1, 0.15) is 16.4 Å². The maximum Gasteiger partial charge on any atom is 0.262 e. The second kappa shape index (κ2) is 8.88. The van der Waals surface area contributed by atoms with Crippen molar-refractivity contribution in [2.45, 2.75) is 18.2 Å². The van der Waals surface area contributed by atoms with Crippen molar-refractivity contribution in [1.29, 1.82) is 0 Å². The van der Waals surface area contributed by atoms with Crippen molar-refractivity contribution >= 4 is 21.6 Å². The molecule has 0 aliphatic heterocycles. The van der Waals surface area contributed by atoms with Gasteiger partial charge in [0.25, 0.3) is 5.91 Å². The molecule has 0 spiro atoms. The van der Waals surface area contributed by atoms with Crippen LogP contribution in [0.5, 0.6) is 11.5 Å². The molecule has 8 heteroatoms. The first kappa shape index (κ1) is 20.7. The first-order valence-electron chi connectivity index (χ1n) is 8.40. The zero-order chi connectivity index (χ0) is 20.0. The average Bonchev–Trinajstić information content (AvgIpc) is 2.66. The van der Waals surface area contributed by atoms with Gasteiger partial charge in [-0.25, -0.2) is 12.7 Å². The van der Waals surface area contributed by atoms with Gasteiger partial charge in [0.2, 0.25) is 10.0 Å². The van der Waals surface area contributed by atoms with Gasteiger partial charge in [-0.15, -0.1) is 0 Å². The summed E-state index contributed by atoms with van der Waals surface area (Å²) in [5.41, 5.74) is 1.45. The van der Waals surface area contributed by atoms with Crippen LogP contribution in [0, 0.1) is 0 Å². The van der Waals surface area contributed by atoms with Crippen LogP contribution in [0.25, 0.3) is 0 Å². The number of ether oxygens (including phenoxy) is 2. The minimum Gasteiger partial charge on any atom is -0.495 e. The fourth-order valence-electron chi connectivity index (χ4n) is 2.35. The smallest absolute Gasteiger partial charge is 0.262 e. The van der Waals surface area contributed by atoms with Crippen LogP contribution in [0.4, 0.5) is 5.69 Å². The number of sulfonamides is 1. The lowest BCUT2D eigenvalue weighted by atomic mass is 10.2. The van der Waals surface area contributed by atoms with Crippen LogP contribution in [0.2, 0.25) is 0 Å². The highest BCUT2D eigenvalue weighted by molar-refractivity contribution is 7.89. The standard InChI is InChI=1S/C19H24N2O5S/c1-5-14-7-6-8-16(11-14)26-13-19(22)20-15-9-10-17(25-4)18(12-15)27(23,24)21(2)3/h6-12H,5,13H2,1-4H3,(H,20,22). The van der Waals surface area contributed by atoms with Gasteiger partial charge in [-0.2, -0.15) is 0 Å². The summed E-state index contributed by atoms with van der Waals surface area (Å²) in [6, 6.07) is 11.9. The van der Waals surface area contributed by atoms with Crippen molar-refractivity contribution in [3.05, 3.63) is 48.0 Å². The Balaban J connectivity index is 2.11. The molecular formula is C19H24N2O5S. The van der Waals surface area contributed by atoms with E-state index in [1.54, 1.807) is 12.1 Å². The zero-order valence-corrected chi connectivity index (χ0v) is 16.7. The largest absolute Gasteiger partial charge is 0.495 e. The number of nitrogens with zero attached hydrogens (tertiary/aromatic N) is 1. The molecule has 146 valence electrons. The minimum absolute atomic E-state index is 0.0237. The van der Waals surface area contributed by atoms with Gasteiger partial charge in [0.15, 0.2) is 6.61 Å². The minimum atomic E-state index is -3.72. The number of aryl methyl sites for hydroxylation is 1. The second-order valence-electron chi connectivity index (χ2n) is 5.99. The molecular weight excluding hydrogens is 368 g/mol. The molecule has 0 saturated heterocycles. The predicted molar refractivity (Wildman–Crippen MR) is 104 cm³/mol. The highest BCUT2D eigenvalue weighted by atomic mass is 32.2. The third-order valence-electron chi connectivity index (χ3n) is 3.88. The first-order valence-corrected chi connectivity index (χ1v) is 9.84. The molecule has 2 aromatic carbocycles. The van der Waals surface area contributed by atoms with Crippen LogP contribution in [0.1, 0.15) is 12.5 Å². The maximum atomic E-state index is 12.4. The summed E-state index contributed by atoms with van der Waals surface area (Å²) < 4.78 is 36.6. The van der Waals surface area contributed by atoms with E-state index in [2.05, 4.69) is 5.32 Å². The number of anilines is 1. The lowest BCUT2D eigenvalue weighted by Crippen LogP contribution is -2.24. The predicted octanol–water partition coefficient (Wildman–Crippen LogP) is 2.53. The molecule has 7 nitrogen and oxygen atoms in total. The molecule has 1 N–H and O–H groups in total. The van der Waals surface area contributed by atoms with Crippen molar-refractivity contribution in [2.24, 2.45) is 0 Å². The van der Waals surface area contributed by atoms with Crippen LogP contribution in [0.3, 0.4) is 0 Å². The number of benzene rings is 2. The molecule has 0 aliphatic rings. The molecule has 2 rings (SSSR count). The van der Waals surface area contributed by atoms with E-state index in [1.807, 2.05) is 25.1 Å². The van der Waals surface area contributed by atoms with E-state index in [9.17, 15) is 13.2 Å². The Morgan fingerprint density at radius 2 is 1.89 bits per heavy atom. The first-order chi connectivity index (χ1) is 12.8. The third kappa shape index (κ3) is 5.21. The Hall–Kier alpha value is -2.58. The monoisotopic (exact) mass is 392 g/mol. The van der Waals surface area contributed by atoms with Crippen molar-refractivity contribution in [2.75, 3.05) is 33.1 Å². The summed E-state index contributed by atoms with van der Waals surface area (Å²) in [5.74, 6) is 0.416. The lowest BCUT2D eigenvalue weighted by molar-refractivity contribution is -0.118. The van der Waals surface area contributed by atoms with Gasteiger partial charge < -0.3 is 14.8 Å². The van der Waals surface area contributed by atoms with Crippen molar-refractivity contribution in [3.8, 4) is 11.5 Å². The Kier molecular flexibility index (Phi) is 6.81. The van der Waals surface area contributed by atoms with Gasteiger partial charge in [0.05, 0.1) is 7.11 Å². The van der Waals surface area contributed by atoms with Crippen LogP contribution in [0.15, 0.2) is 47.4 Å². The fourth-order valence-corrected chi connectivity index (χ4v) is 3.43. The Labute approximate surface area is 160 Å². The van der Waals surface area contributed by atoms with Crippen molar-refractivity contribution in [3.63, 3.8) is 0 Å². The summed E-state index contributed by atoms with van der Waals surface area (Å²) in [6.45, 7) is 1.85. The Morgan fingerprint density at radius 1 is 1.15 bits per heavy atom. The van der Waals surface area contributed by atoms with E-state index < -0.39 is 15.9 Å². The number of carbonyl (C=O) groups excluding carboxylic acids is 1. The highest BCUT2D eigenvalue weighted by Crippen LogP contribution is 2.28. The van der Waals surface area contributed by atoms with Crippen LogP contribution in [-0.4, -0.2) is 46.4 Å². The second-order valence-corrected chi connectivity index (χ2v) is 8.11. The summed E-state index contributed by atoms with van der Waals surface area (Å²) in [5, 5.41) is 2.64. The molecule has 0 fully saturated rings. The van der Waals surface area contributed by atoms with Crippen LogP contribution >= 0.6 is 0 Å². The number of hydrogen-bond donors (Lipinski definition) is 1. The van der Waals surface area contributed by atoms with E-state index in [4.69, 9.17) is 9.47 Å². The van der Waals surface area contributed by atoms with Crippen molar-refractivity contribution in [1.82, 2.24) is 4.31 Å². The highest BCUT2D eigenvalue weighted by Gasteiger charge is 2.23. The van der Waals surface area contributed by atoms with Gasteiger partial charge in [0, 0.05) is 19.8 Å². The van der Waals surface area contributed by atoms with Crippen molar-refractivity contribution < 1.29 is 22.7 Å². The summed E-state index contributed by atoms with van der Waals surface area (Å²) in [6.07, 6.45) is 0.873. The number of hydrogen-bond acceptors (Lipinski definition) is 5. The van der Waals surface area contributed by atoms with E-state index in [0.29, 0.717) is 11.4 Å².